The van der Waals surface area contributed by atoms with E-state index in [9.17, 15) is 4.79 Å². The molecule has 2 aromatic heterocycles. The molecule has 0 saturated carbocycles. The van der Waals surface area contributed by atoms with Gasteiger partial charge >= 0.3 is 0 Å². The first kappa shape index (κ1) is 17.3. The Morgan fingerprint density at radius 3 is 2.64 bits per heavy atom. The quantitative estimate of drug-likeness (QED) is 0.927. The minimum Gasteiger partial charge on any atom is -0.352 e. The highest BCUT2D eigenvalue weighted by atomic mass is 16.1. The zero-order valence-electron chi connectivity index (χ0n) is 15.3. The van der Waals surface area contributed by atoms with Crippen molar-refractivity contribution in [1.82, 2.24) is 20.3 Å². The van der Waals surface area contributed by atoms with Crippen LogP contribution in [0.1, 0.15) is 61.6 Å². The van der Waals surface area contributed by atoms with Gasteiger partial charge in [-0.1, -0.05) is 27.7 Å². The maximum atomic E-state index is 12.0. The third-order valence-corrected chi connectivity index (χ3v) is 4.20. The number of pyridine rings is 1. The second-order valence-electron chi connectivity index (χ2n) is 7.43. The van der Waals surface area contributed by atoms with Crippen LogP contribution in [0.5, 0.6) is 0 Å². The van der Waals surface area contributed by atoms with Crippen LogP contribution in [0.3, 0.4) is 0 Å². The number of aromatic nitrogens is 3. The second kappa shape index (κ2) is 6.78. The first-order chi connectivity index (χ1) is 11.9. The third kappa shape index (κ3) is 3.78. The molecule has 132 valence electrons. The highest BCUT2D eigenvalue weighted by Crippen LogP contribution is 2.27. The molecule has 0 aliphatic carbocycles. The Morgan fingerprint density at radius 2 is 2.00 bits per heavy atom. The van der Waals surface area contributed by atoms with Crippen molar-refractivity contribution in [1.29, 1.82) is 0 Å². The van der Waals surface area contributed by atoms with Gasteiger partial charge in [0, 0.05) is 36.5 Å². The van der Waals surface area contributed by atoms with E-state index in [0.717, 1.165) is 42.4 Å². The molecule has 0 aromatic carbocycles. The number of nitrogens with one attached hydrogen (secondary N) is 1. The molecule has 0 saturated heterocycles. The lowest BCUT2D eigenvalue weighted by Gasteiger charge is -2.17. The summed E-state index contributed by atoms with van der Waals surface area (Å²) in [4.78, 5) is 27.8. The standard InChI is InChI=1S/C19H25N5O/c1-5-8-20-17(25)13-6-7-16(21-9-13)24-11-14-10-22-18(19(2,3)4)23-15(14)12-24/h6-7,9-10H,5,8,11-12H2,1-4H3,(H,20,25). The Labute approximate surface area is 148 Å². The van der Waals surface area contributed by atoms with E-state index in [0.29, 0.717) is 12.1 Å². The van der Waals surface area contributed by atoms with Crippen LogP contribution >= 0.6 is 0 Å². The summed E-state index contributed by atoms with van der Waals surface area (Å²) in [5, 5.41) is 2.86. The predicted molar refractivity (Wildman–Crippen MR) is 97.5 cm³/mol. The molecule has 1 N–H and O–H groups in total. The van der Waals surface area contributed by atoms with Gasteiger partial charge in [0.1, 0.15) is 11.6 Å². The largest absolute Gasteiger partial charge is 0.352 e. The number of anilines is 1. The number of carbonyl (C=O) groups is 1. The maximum Gasteiger partial charge on any atom is 0.252 e. The Kier molecular flexibility index (Phi) is 4.70. The van der Waals surface area contributed by atoms with Crippen molar-refractivity contribution in [3.8, 4) is 0 Å². The van der Waals surface area contributed by atoms with E-state index in [1.54, 1.807) is 6.20 Å². The first-order valence-electron chi connectivity index (χ1n) is 8.73. The van der Waals surface area contributed by atoms with E-state index in [1.807, 2.05) is 25.3 Å². The molecule has 0 unspecified atom stereocenters. The molecule has 1 aliphatic heterocycles. The van der Waals surface area contributed by atoms with Crippen molar-refractivity contribution in [3.05, 3.63) is 47.2 Å². The lowest BCUT2D eigenvalue weighted by Crippen LogP contribution is -2.24. The van der Waals surface area contributed by atoms with Crippen molar-refractivity contribution in [3.63, 3.8) is 0 Å². The molecule has 1 amide bonds. The van der Waals surface area contributed by atoms with Gasteiger partial charge in [-0.25, -0.2) is 15.0 Å². The van der Waals surface area contributed by atoms with Gasteiger partial charge < -0.3 is 10.2 Å². The Hall–Kier alpha value is -2.50. The zero-order chi connectivity index (χ0) is 18.0. The Morgan fingerprint density at radius 1 is 1.20 bits per heavy atom. The van der Waals surface area contributed by atoms with Gasteiger partial charge in [0.05, 0.1) is 17.8 Å². The highest BCUT2D eigenvalue weighted by Gasteiger charge is 2.25. The topological polar surface area (TPSA) is 71.0 Å². The van der Waals surface area contributed by atoms with Crippen LogP contribution in [0.15, 0.2) is 24.5 Å². The van der Waals surface area contributed by atoms with Gasteiger partial charge in [-0.3, -0.25) is 4.79 Å². The van der Waals surface area contributed by atoms with Gasteiger partial charge in [0.15, 0.2) is 0 Å². The van der Waals surface area contributed by atoms with Gasteiger partial charge in [-0.15, -0.1) is 0 Å². The summed E-state index contributed by atoms with van der Waals surface area (Å²) in [5.74, 6) is 1.64. The average Bonchev–Trinajstić information content (AvgIpc) is 3.02. The minimum absolute atomic E-state index is 0.0613. The van der Waals surface area contributed by atoms with Gasteiger partial charge in [-0.2, -0.15) is 0 Å². The van der Waals surface area contributed by atoms with Crippen LogP contribution in [-0.4, -0.2) is 27.4 Å². The Balaban J connectivity index is 1.72. The molecule has 0 bridgehead atoms. The lowest BCUT2D eigenvalue weighted by atomic mass is 9.95. The molecule has 6 nitrogen and oxygen atoms in total. The fraction of sp³-hybridized carbons (Fsp3) is 0.474. The summed E-state index contributed by atoms with van der Waals surface area (Å²) in [6, 6.07) is 3.72. The normalized spacial score (nSPS) is 13.7. The van der Waals surface area contributed by atoms with Crippen LogP contribution in [0, 0.1) is 0 Å². The van der Waals surface area contributed by atoms with Crippen molar-refractivity contribution >= 4 is 11.7 Å². The minimum atomic E-state index is -0.0775. The van der Waals surface area contributed by atoms with E-state index in [1.165, 1.54) is 0 Å². The highest BCUT2D eigenvalue weighted by molar-refractivity contribution is 5.94. The molecule has 1 aliphatic rings. The maximum absolute atomic E-state index is 12.0. The summed E-state index contributed by atoms with van der Waals surface area (Å²) in [7, 11) is 0. The average molecular weight is 339 g/mol. The molecule has 25 heavy (non-hydrogen) atoms. The molecule has 0 fully saturated rings. The van der Waals surface area contributed by atoms with Crippen molar-refractivity contribution in [2.75, 3.05) is 11.4 Å². The van der Waals surface area contributed by atoms with Crippen molar-refractivity contribution in [2.24, 2.45) is 0 Å². The summed E-state index contributed by atoms with van der Waals surface area (Å²) >= 11 is 0. The Bertz CT molecular complexity index is 764. The van der Waals surface area contributed by atoms with E-state index < -0.39 is 0 Å². The summed E-state index contributed by atoms with van der Waals surface area (Å²) in [6.45, 7) is 10.5. The smallest absolute Gasteiger partial charge is 0.252 e. The number of nitrogens with zero attached hydrogens (tertiary/aromatic N) is 4. The zero-order valence-corrected chi connectivity index (χ0v) is 15.3. The van der Waals surface area contributed by atoms with E-state index in [-0.39, 0.29) is 11.3 Å². The molecule has 2 aromatic rings. The predicted octanol–water partition coefficient (Wildman–Crippen LogP) is 2.83. The molecule has 3 heterocycles. The molecule has 0 radical (unpaired) electrons. The number of fused-ring (bicyclic) bond motifs is 1. The van der Waals surface area contributed by atoms with Crippen LogP contribution in [-0.2, 0) is 18.5 Å². The monoisotopic (exact) mass is 339 g/mol. The molecule has 3 rings (SSSR count). The molecular weight excluding hydrogens is 314 g/mol. The first-order valence-corrected chi connectivity index (χ1v) is 8.73. The summed E-state index contributed by atoms with van der Waals surface area (Å²) < 4.78 is 0. The van der Waals surface area contributed by atoms with Crippen molar-refractivity contribution < 1.29 is 4.79 Å². The molecule has 6 heteroatoms. The molecular formula is C19H25N5O. The lowest BCUT2D eigenvalue weighted by molar-refractivity contribution is 0.0953. The van der Waals surface area contributed by atoms with Crippen LogP contribution < -0.4 is 10.2 Å². The number of hydrogen-bond acceptors (Lipinski definition) is 5. The van der Waals surface area contributed by atoms with E-state index >= 15 is 0 Å². The van der Waals surface area contributed by atoms with Gasteiger partial charge in [-0.05, 0) is 18.6 Å². The molecule has 0 spiro atoms. The number of amides is 1. The van der Waals surface area contributed by atoms with Gasteiger partial charge in [0.25, 0.3) is 5.91 Å². The number of hydrogen-bond donors (Lipinski definition) is 1. The summed E-state index contributed by atoms with van der Waals surface area (Å²) in [6.07, 6.45) is 4.48. The SMILES string of the molecule is CCCNC(=O)c1ccc(N2Cc3cnc(C(C)(C)C)nc3C2)nc1. The van der Waals surface area contributed by atoms with Crippen LogP contribution in [0.4, 0.5) is 5.82 Å². The fourth-order valence-corrected chi connectivity index (χ4v) is 2.72. The third-order valence-electron chi connectivity index (χ3n) is 4.20. The van der Waals surface area contributed by atoms with E-state index in [2.05, 4.69) is 41.0 Å². The molecule has 0 atom stereocenters. The van der Waals surface area contributed by atoms with Crippen LogP contribution in [0.25, 0.3) is 0 Å². The summed E-state index contributed by atoms with van der Waals surface area (Å²) in [5.41, 5.74) is 2.73. The second-order valence-corrected chi connectivity index (χ2v) is 7.43. The fourth-order valence-electron chi connectivity index (χ4n) is 2.72. The van der Waals surface area contributed by atoms with E-state index in [4.69, 9.17) is 4.98 Å². The number of rotatable bonds is 4. The van der Waals surface area contributed by atoms with Crippen molar-refractivity contribution in [2.45, 2.75) is 52.6 Å². The van der Waals surface area contributed by atoms with Crippen LogP contribution in [0.2, 0.25) is 0 Å². The number of carbonyl (C=O) groups excluding carboxylic acids is 1. The van der Waals surface area contributed by atoms with Gasteiger partial charge in [0.2, 0.25) is 0 Å².